The fourth-order valence-electron chi connectivity index (χ4n) is 2.88. The van der Waals surface area contributed by atoms with Crippen LogP contribution in [0.25, 0.3) is 11.0 Å². The van der Waals surface area contributed by atoms with E-state index in [9.17, 15) is 22.4 Å². The van der Waals surface area contributed by atoms with E-state index in [1.165, 1.54) is 6.07 Å². The van der Waals surface area contributed by atoms with Crippen LogP contribution in [0.4, 0.5) is 17.6 Å². The molecule has 1 aliphatic rings. The number of halogens is 4. The average Bonchev–Trinajstić information content (AvgIpc) is 2.74. The van der Waals surface area contributed by atoms with Crippen LogP contribution in [-0.4, -0.2) is 22.6 Å². The number of hydrogen-bond donors (Lipinski definition) is 2. The maximum absolute atomic E-state index is 13.7. The van der Waals surface area contributed by atoms with Crippen LogP contribution in [0.15, 0.2) is 16.9 Å². The van der Waals surface area contributed by atoms with Gasteiger partial charge < -0.3 is 10.3 Å². The molecule has 1 aliphatic heterocycles. The number of H-pyrrole nitrogens is 1. The zero-order valence-corrected chi connectivity index (χ0v) is 10.9. The van der Waals surface area contributed by atoms with Gasteiger partial charge >= 0.3 is 11.9 Å². The van der Waals surface area contributed by atoms with E-state index < -0.39 is 23.2 Å². The summed E-state index contributed by atoms with van der Waals surface area (Å²) in [4.78, 5) is 14.4. The first-order valence-electron chi connectivity index (χ1n) is 6.60. The molecule has 3 rings (SSSR count). The minimum Gasteiger partial charge on any atom is -0.317 e. The molecule has 8 heteroatoms. The van der Waals surface area contributed by atoms with Gasteiger partial charge in [0, 0.05) is 6.04 Å². The third kappa shape index (κ3) is 2.33. The molecule has 0 bridgehead atoms. The number of aromatic nitrogens is 2. The summed E-state index contributed by atoms with van der Waals surface area (Å²) < 4.78 is 54.2. The van der Waals surface area contributed by atoms with Crippen molar-refractivity contribution in [2.75, 3.05) is 13.1 Å². The van der Waals surface area contributed by atoms with Crippen LogP contribution >= 0.6 is 0 Å². The SMILES string of the molecule is O=c1[nH]c2ccc(F)c(C(F)(F)F)c2n1C1CCNCC1. The lowest BCUT2D eigenvalue weighted by Crippen LogP contribution is -2.33. The summed E-state index contributed by atoms with van der Waals surface area (Å²) in [6.45, 7) is 1.22. The molecule has 1 saturated heterocycles. The second kappa shape index (κ2) is 4.87. The highest BCUT2D eigenvalue weighted by atomic mass is 19.4. The Labute approximate surface area is 116 Å². The van der Waals surface area contributed by atoms with Gasteiger partial charge in [-0.25, -0.2) is 9.18 Å². The average molecular weight is 303 g/mol. The Balaban J connectivity index is 2.31. The largest absolute Gasteiger partial charge is 0.421 e. The predicted molar refractivity (Wildman–Crippen MR) is 68.7 cm³/mol. The summed E-state index contributed by atoms with van der Waals surface area (Å²) in [7, 11) is 0. The first kappa shape index (κ1) is 14.1. The van der Waals surface area contributed by atoms with Crippen molar-refractivity contribution in [1.29, 1.82) is 0 Å². The molecule has 21 heavy (non-hydrogen) atoms. The lowest BCUT2D eigenvalue weighted by Gasteiger charge is -2.24. The first-order valence-corrected chi connectivity index (χ1v) is 6.60. The molecule has 0 saturated carbocycles. The standard InChI is InChI=1S/C13H13F4N3O/c14-8-1-2-9-11(10(8)13(15,16)17)20(12(21)19-9)7-3-5-18-6-4-7/h1-2,7,18H,3-6H2,(H,19,21). The summed E-state index contributed by atoms with van der Waals surface area (Å²) in [6, 6.07) is 1.53. The van der Waals surface area contributed by atoms with Crippen molar-refractivity contribution in [2.45, 2.75) is 25.1 Å². The van der Waals surface area contributed by atoms with E-state index in [1.807, 2.05) is 0 Å². The van der Waals surface area contributed by atoms with Gasteiger partial charge in [-0.05, 0) is 38.1 Å². The number of piperidine rings is 1. The number of nitrogens with one attached hydrogen (secondary N) is 2. The summed E-state index contributed by atoms with van der Waals surface area (Å²) in [6.07, 6.45) is -3.80. The van der Waals surface area contributed by atoms with E-state index in [4.69, 9.17) is 0 Å². The number of fused-ring (bicyclic) bond motifs is 1. The molecule has 1 aromatic carbocycles. The van der Waals surface area contributed by atoms with Gasteiger partial charge in [-0.1, -0.05) is 0 Å². The molecule has 2 N–H and O–H groups in total. The Morgan fingerprint density at radius 2 is 1.86 bits per heavy atom. The molecule has 1 fully saturated rings. The third-order valence-corrected chi connectivity index (χ3v) is 3.79. The lowest BCUT2D eigenvalue weighted by atomic mass is 10.1. The van der Waals surface area contributed by atoms with Crippen molar-refractivity contribution in [3.8, 4) is 0 Å². The van der Waals surface area contributed by atoms with Gasteiger partial charge in [-0.2, -0.15) is 13.2 Å². The molecule has 0 spiro atoms. The summed E-state index contributed by atoms with van der Waals surface area (Å²) in [5, 5.41) is 3.08. The zero-order valence-electron chi connectivity index (χ0n) is 10.9. The second-order valence-corrected chi connectivity index (χ2v) is 5.10. The molecule has 0 aliphatic carbocycles. The fraction of sp³-hybridized carbons (Fsp3) is 0.462. The monoisotopic (exact) mass is 303 g/mol. The number of alkyl halides is 3. The molecule has 2 aromatic rings. The van der Waals surface area contributed by atoms with Gasteiger partial charge in [0.25, 0.3) is 0 Å². The molecule has 4 nitrogen and oxygen atoms in total. The van der Waals surface area contributed by atoms with Gasteiger partial charge in [0.05, 0.1) is 11.0 Å². The highest BCUT2D eigenvalue weighted by molar-refractivity contribution is 5.80. The minimum absolute atomic E-state index is 0.00672. The van der Waals surface area contributed by atoms with E-state index in [0.717, 1.165) is 10.6 Å². The Morgan fingerprint density at radius 1 is 1.19 bits per heavy atom. The quantitative estimate of drug-likeness (QED) is 0.795. The van der Waals surface area contributed by atoms with Crippen molar-refractivity contribution in [3.05, 3.63) is 34.0 Å². The Morgan fingerprint density at radius 3 is 2.48 bits per heavy atom. The Kier molecular flexibility index (Phi) is 3.27. The van der Waals surface area contributed by atoms with Crippen LogP contribution < -0.4 is 11.0 Å². The van der Waals surface area contributed by atoms with Crippen LogP contribution in [0.5, 0.6) is 0 Å². The zero-order chi connectivity index (χ0) is 15.2. The molecule has 114 valence electrons. The molecule has 2 heterocycles. The van der Waals surface area contributed by atoms with Gasteiger partial charge in [-0.3, -0.25) is 4.57 Å². The molecular formula is C13H13F4N3O. The highest BCUT2D eigenvalue weighted by Crippen LogP contribution is 2.37. The maximum Gasteiger partial charge on any atom is 0.421 e. The maximum atomic E-state index is 13.7. The van der Waals surface area contributed by atoms with E-state index in [-0.39, 0.29) is 17.1 Å². The number of rotatable bonds is 1. The predicted octanol–water partition coefficient (Wildman–Crippen LogP) is 2.41. The normalized spacial score (nSPS) is 17.5. The second-order valence-electron chi connectivity index (χ2n) is 5.10. The topological polar surface area (TPSA) is 49.8 Å². The first-order chi connectivity index (χ1) is 9.89. The van der Waals surface area contributed by atoms with Gasteiger partial charge in [0.2, 0.25) is 0 Å². The lowest BCUT2D eigenvalue weighted by molar-refractivity contribution is -0.138. The van der Waals surface area contributed by atoms with Crippen LogP contribution in [-0.2, 0) is 6.18 Å². The summed E-state index contributed by atoms with van der Waals surface area (Å²) in [5.41, 5.74) is -2.39. The fourth-order valence-corrected chi connectivity index (χ4v) is 2.88. The van der Waals surface area contributed by atoms with Crippen molar-refractivity contribution in [3.63, 3.8) is 0 Å². The van der Waals surface area contributed by atoms with Gasteiger partial charge in [-0.15, -0.1) is 0 Å². The van der Waals surface area contributed by atoms with Gasteiger partial charge in [0.1, 0.15) is 11.4 Å². The van der Waals surface area contributed by atoms with Gasteiger partial charge in [0.15, 0.2) is 0 Å². The van der Waals surface area contributed by atoms with E-state index in [0.29, 0.717) is 25.9 Å². The number of aromatic amines is 1. The molecule has 0 unspecified atom stereocenters. The molecule has 0 radical (unpaired) electrons. The van der Waals surface area contributed by atoms with Crippen molar-refractivity contribution < 1.29 is 17.6 Å². The number of imidazole rings is 1. The van der Waals surface area contributed by atoms with Crippen molar-refractivity contribution in [2.24, 2.45) is 0 Å². The molecular weight excluding hydrogens is 290 g/mol. The smallest absolute Gasteiger partial charge is 0.317 e. The minimum atomic E-state index is -4.85. The van der Waals surface area contributed by atoms with E-state index in [1.54, 1.807) is 0 Å². The van der Waals surface area contributed by atoms with E-state index >= 15 is 0 Å². The molecule has 0 atom stereocenters. The van der Waals surface area contributed by atoms with Crippen LogP contribution in [0.1, 0.15) is 24.4 Å². The van der Waals surface area contributed by atoms with Crippen LogP contribution in [0.2, 0.25) is 0 Å². The highest BCUT2D eigenvalue weighted by Gasteiger charge is 2.38. The molecule has 1 aromatic heterocycles. The number of hydrogen-bond acceptors (Lipinski definition) is 2. The van der Waals surface area contributed by atoms with E-state index in [2.05, 4.69) is 10.3 Å². The van der Waals surface area contributed by atoms with Crippen LogP contribution in [0, 0.1) is 5.82 Å². The Bertz CT molecular complexity index is 725. The third-order valence-electron chi connectivity index (χ3n) is 3.79. The summed E-state index contributed by atoms with van der Waals surface area (Å²) in [5.74, 6) is -1.36. The summed E-state index contributed by atoms with van der Waals surface area (Å²) >= 11 is 0. The number of benzene rings is 1. The van der Waals surface area contributed by atoms with Crippen molar-refractivity contribution >= 4 is 11.0 Å². The molecule has 0 amide bonds. The van der Waals surface area contributed by atoms with Crippen molar-refractivity contribution in [1.82, 2.24) is 14.9 Å². The Hall–Kier alpha value is -1.83. The number of nitrogens with zero attached hydrogens (tertiary/aromatic N) is 1. The van der Waals surface area contributed by atoms with Crippen LogP contribution in [0.3, 0.4) is 0 Å².